The van der Waals surface area contributed by atoms with E-state index in [4.69, 9.17) is 14.6 Å². The van der Waals surface area contributed by atoms with Gasteiger partial charge in [0.15, 0.2) is 0 Å². The summed E-state index contributed by atoms with van der Waals surface area (Å²) in [6, 6.07) is 10.1. The number of phenolic OH excluding ortho intramolecular Hbond substituents is 1. The first-order valence-corrected chi connectivity index (χ1v) is 5.47. The molecule has 0 aliphatic rings. The van der Waals surface area contributed by atoms with Gasteiger partial charge in [-0.2, -0.15) is 0 Å². The summed E-state index contributed by atoms with van der Waals surface area (Å²) in [6.07, 6.45) is 0. The minimum Gasteiger partial charge on any atom is -0.508 e. The molecule has 90 valence electrons. The second-order valence-corrected chi connectivity index (χ2v) is 4.02. The summed E-state index contributed by atoms with van der Waals surface area (Å²) < 4.78 is 10.8. The molecule has 0 radical (unpaired) electrons. The zero-order chi connectivity index (χ0) is 12.7. The van der Waals surface area contributed by atoms with Gasteiger partial charge in [-0.05, 0) is 24.3 Å². The Balaban J connectivity index is 2.48. The summed E-state index contributed by atoms with van der Waals surface area (Å²) in [5, 5.41) is 19.4. The van der Waals surface area contributed by atoms with Crippen molar-refractivity contribution < 1.29 is 14.3 Å². The van der Waals surface area contributed by atoms with Crippen LogP contribution in [0.4, 0.5) is 0 Å². The zero-order valence-corrected chi connectivity index (χ0v) is 9.73. The second-order valence-electron chi connectivity index (χ2n) is 4.02. The van der Waals surface area contributed by atoms with Crippen LogP contribution in [0.1, 0.15) is 0 Å². The van der Waals surface area contributed by atoms with Crippen LogP contribution < -0.4 is 10.1 Å². The lowest BCUT2D eigenvalue weighted by atomic mass is 10.1. The van der Waals surface area contributed by atoms with Crippen molar-refractivity contribution in [3.63, 3.8) is 0 Å². The molecule has 1 heterocycles. The Morgan fingerprint density at radius 3 is 2.44 bits per heavy atom. The monoisotopic (exact) mass is 241 g/mol. The largest absolute Gasteiger partial charge is 0.508 e. The Bertz CT molecular complexity index is 805. The first kappa shape index (κ1) is 10.7. The number of benzene rings is 2. The second kappa shape index (κ2) is 3.77. The minimum absolute atomic E-state index is 0.118. The van der Waals surface area contributed by atoms with Crippen molar-refractivity contribution in [1.82, 2.24) is 0 Å². The average Bonchev–Trinajstić information content (AvgIpc) is 2.38. The number of fused-ring (bicyclic) bond motifs is 2. The van der Waals surface area contributed by atoms with Crippen molar-refractivity contribution in [3.8, 4) is 11.5 Å². The predicted molar refractivity (Wildman–Crippen MR) is 67.8 cm³/mol. The topological polar surface area (TPSA) is 66.5 Å². The van der Waals surface area contributed by atoms with Crippen LogP contribution in [-0.4, -0.2) is 12.2 Å². The third-order valence-electron chi connectivity index (χ3n) is 2.91. The Morgan fingerprint density at radius 1 is 1.06 bits per heavy atom. The molecular formula is C14H11NO3. The van der Waals surface area contributed by atoms with Crippen LogP contribution >= 0.6 is 0 Å². The van der Waals surface area contributed by atoms with Crippen molar-refractivity contribution in [1.29, 1.82) is 5.41 Å². The molecule has 2 N–H and O–H groups in total. The summed E-state index contributed by atoms with van der Waals surface area (Å²) in [5.41, 5.74) is 1.05. The lowest BCUT2D eigenvalue weighted by molar-refractivity contribution is 0.414. The van der Waals surface area contributed by atoms with Gasteiger partial charge in [0, 0.05) is 22.9 Å². The lowest BCUT2D eigenvalue weighted by Gasteiger charge is -2.05. The molecule has 0 atom stereocenters. The lowest BCUT2D eigenvalue weighted by Crippen LogP contribution is -2.02. The smallest absolute Gasteiger partial charge is 0.140 e. The highest BCUT2D eigenvalue weighted by Gasteiger charge is 2.06. The molecule has 0 saturated carbocycles. The molecular weight excluding hydrogens is 230 g/mol. The SMILES string of the molecule is COc1ccc2c(=N)c3ccc(O)cc3oc2c1. The number of aromatic hydroxyl groups is 1. The molecule has 4 heteroatoms. The normalized spacial score (nSPS) is 10.9. The molecule has 0 unspecified atom stereocenters. The highest BCUT2D eigenvalue weighted by Crippen LogP contribution is 2.24. The van der Waals surface area contributed by atoms with Gasteiger partial charge in [-0.15, -0.1) is 0 Å². The van der Waals surface area contributed by atoms with Crippen LogP contribution in [0.5, 0.6) is 11.5 Å². The van der Waals surface area contributed by atoms with E-state index in [9.17, 15) is 5.11 Å². The maximum absolute atomic E-state index is 9.45. The molecule has 3 rings (SSSR count). The van der Waals surface area contributed by atoms with E-state index in [0.717, 1.165) is 0 Å². The van der Waals surface area contributed by atoms with Gasteiger partial charge >= 0.3 is 0 Å². The zero-order valence-electron chi connectivity index (χ0n) is 9.73. The number of ether oxygens (including phenoxy) is 1. The van der Waals surface area contributed by atoms with Crippen molar-refractivity contribution in [2.24, 2.45) is 0 Å². The van der Waals surface area contributed by atoms with E-state index >= 15 is 0 Å². The summed E-state index contributed by atoms with van der Waals surface area (Å²) in [7, 11) is 1.58. The van der Waals surface area contributed by atoms with E-state index in [1.807, 2.05) is 0 Å². The Hall–Kier alpha value is -2.49. The fraction of sp³-hybridized carbons (Fsp3) is 0.0714. The Morgan fingerprint density at radius 2 is 1.72 bits per heavy atom. The van der Waals surface area contributed by atoms with Gasteiger partial charge in [0.1, 0.15) is 22.7 Å². The van der Waals surface area contributed by atoms with Gasteiger partial charge in [0.2, 0.25) is 0 Å². The Labute approximate surface area is 103 Å². The van der Waals surface area contributed by atoms with Crippen molar-refractivity contribution in [3.05, 3.63) is 41.8 Å². The molecule has 0 fully saturated rings. The first-order chi connectivity index (χ1) is 8.69. The molecule has 2 aromatic carbocycles. The maximum Gasteiger partial charge on any atom is 0.140 e. The van der Waals surface area contributed by atoms with Gasteiger partial charge < -0.3 is 14.3 Å². The van der Waals surface area contributed by atoms with Gasteiger partial charge in [-0.3, -0.25) is 5.41 Å². The van der Waals surface area contributed by atoms with E-state index < -0.39 is 0 Å². The Kier molecular flexibility index (Phi) is 2.23. The van der Waals surface area contributed by atoms with Crippen molar-refractivity contribution in [2.45, 2.75) is 0 Å². The summed E-state index contributed by atoms with van der Waals surface area (Å²) in [5.74, 6) is 0.790. The van der Waals surface area contributed by atoms with Gasteiger partial charge in [0.05, 0.1) is 12.5 Å². The molecule has 18 heavy (non-hydrogen) atoms. The van der Waals surface area contributed by atoms with Crippen LogP contribution in [0.2, 0.25) is 0 Å². The summed E-state index contributed by atoms with van der Waals surface area (Å²) in [4.78, 5) is 0. The minimum atomic E-state index is 0.118. The number of nitrogens with one attached hydrogen (secondary N) is 1. The molecule has 0 bridgehead atoms. The molecule has 3 aromatic rings. The van der Waals surface area contributed by atoms with Crippen LogP contribution in [0.3, 0.4) is 0 Å². The summed E-state index contributed by atoms with van der Waals surface area (Å²) >= 11 is 0. The maximum atomic E-state index is 9.45. The van der Waals surface area contributed by atoms with Gasteiger partial charge in [0.25, 0.3) is 0 Å². The molecule has 1 aromatic heterocycles. The number of rotatable bonds is 1. The number of methoxy groups -OCH3 is 1. The quantitative estimate of drug-likeness (QED) is 0.644. The van der Waals surface area contributed by atoms with E-state index in [1.165, 1.54) is 6.07 Å². The van der Waals surface area contributed by atoms with E-state index in [-0.39, 0.29) is 5.75 Å². The van der Waals surface area contributed by atoms with Crippen molar-refractivity contribution >= 4 is 21.9 Å². The average molecular weight is 241 g/mol. The van der Waals surface area contributed by atoms with Crippen LogP contribution in [-0.2, 0) is 0 Å². The van der Waals surface area contributed by atoms with Crippen LogP contribution in [0.25, 0.3) is 21.9 Å². The fourth-order valence-electron chi connectivity index (χ4n) is 1.99. The fourth-order valence-corrected chi connectivity index (χ4v) is 1.99. The van der Waals surface area contributed by atoms with E-state index in [1.54, 1.807) is 37.4 Å². The van der Waals surface area contributed by atoms with Gasteiger partial charge in [-0.1, -0.05) is 0 Å². The predicted octanol–water partition coefficient (Wildman–Crippen LogP) is 2.78. The molecule has 0 amide bonds. The molecule has 4 nitrogen and oxygen atoms in total. The molecule has 0 aliphatic carbocycles. The van der Waals surface area contributed by atoms with Crippen molar-refractivity contribution in [2.75, 3.05) is 7.11 Å². The van der Waals surface area contributed by atoms with E-state index in [0.29, 0.717) is 33.0 Å². The molecule has 0 aliphatic heterocycles. The summed E-state index contributed by atoms with van der Waals surface area (Å²) in [6.45, 7) is 0. The van der Waals surface area contributed by atoms with Crippen LogP contribution in [0.15, 0.2) is 40.8 Å². The number of phenols is 1. The first-order valence-electron chi connectivity index (χ1n) is 5.47. The molecule has 0 spiro atoms. The van der Waals surface area contributed by atoms with Crippen LogP contribution in [0, 0.1) is 5.41 Å². The number of hydrogen-bond acceptors (Lipinski definition) is 4. The third kappa shape index (κ3) is 1.50. The van der Waals surface area contributed by atoms with Gasteiger partial charge in [-0.25, -0.2) is 0 Å². The number of hydrogen-bond donors (Lipinski definition) is 2. The highest BCUT2D eigenvalue weighted by atomic mass is 16.5. The van der Waals surface area contributed by atoms with E-state index in [2.05, 4.69) is 0 Å². The standard InChI is InChI=1S/C14H11NO3/c1-17-9-3-5-11-13(7-9)18-12-6-8(16)2-4-10(12)14(11)15/h2-7,15-16H,1H3. The molecule has 0 saturated heterocycles. The third-order valence-corrected chi connectivity index (χ3v) is 2.91. The highest BCUT2D eigenvalue weighted by molar-refractivity contribution is 5.90.